The van der Waals surface area contributed by atoms with Crippen LogP contribution < -0.4 is 15.4 Å². The number of thiophene rings is 1. The molecule has 0 spiro atoms. The van der Waals surface area contributed by atoms with Crippen molar-refractivity contribution in [3.63, 3.8) is 0 Å². The maximum atomic E-state index is 11.2. The largest absolute Gasteiger partial charge is 0.492 e. The fourth-order valence-electron chi connectivity index (χ4n) is 2.95. The second-order valence-electron chi connectivity index (χ2n) is 6.40. The van der Waals surface area contributed by atoms with E-state index in [1.807, 2.05) is 36.4 Å². The highest BCUT2D eigenvalue weighted by atomic mass is 32.1. The number of carbonyl (C=O) groups excluding carboxylic acids is 1. The number of fused-ring (bicyclic) bond motifs is 1. The molecule has 4 aromatic rings. The predicted molar refractivity (Wildman–Crippen MR) is 118 cm³/mol. The summed E-state index contributed by atoms with van der Waals surface area (Å²) in [4.78, 5) is 22.1. The fraction of sp³-hybridized carbons (Fsp3) is 0.136. The molecule has 0 atom stereocenters. The zero-order valence-electron chi connectivity index (χ0n) is 15.9. The molecule has 0 aliphatic carbocycles. The van der Waals surface area contributed by atoms with Gasteiger partial charge in [-0.15, -0.1) is 11.3 Å². The van der Waals surface area contributed by atoms with Gasteiger partial charge in [0.2, 0.25) is 5.91 Å². The van der Waals surface area contributed by atoms with Gasteiger partial charge in [-0.3, -0.25) is 4.79 Å². The number of anilines is 2. The Kier molecular flexibility index (Phi) is 5.67. The van der Waals surface area contributed by atoms with Gasteiger partial charge < -0.3 is 15.4 Å². The SMILES string of the molecule is CC(=O)Nc1cccc(OCCNc2ncnc3sc(-c4ccccc4)cc23)c1. The molecule has 1 amide bonds. The molecule has 0 saturated carbocycles. The van der Waals surface area contributed by atoms with E-state index >= 15 is 0 Å². The molecule has 0 saturated heterocycles. The van der Waals surface area contributed by atoms with Gasteiger partial charge in [0.05, 0.1) is 11.9 Å². The van der Waals surface area contributed by atoms with Crippen molar-refractivity contribution in [3.05, 3.63) is 67.0 Å². The predicted octanol–water partition coefficient (Wildman–Crippen LogP) is 4.81. The zero-order chi connectivity index (χ0) is 20.1. The molecule has 7 heteroatoms. The Balaban J connectivity index is 1.40. The van der Waals surface area contributed by atoms with Crippen LogP contribution in [-0.4, -0.2) is 29.0 Å². The molecule has 2 aromatic heterocycles. The monoisotopic (exact) mass is 404 g/mol. The quantitative estimate of drug-likeness (QED) is 0.433. The molecule has 29 heavy (non-hydrogen) atoms. The first-order valence-corrected chi connectivity index (χ1v) is 10.0. The van der Waals surface area contributed by atoms with E-state index in [0.717, 1.165) is 20.9 Å². The molecule has 2 heterocycles. The summed E-state index contributed by atoms with van der Waals surface area (Å²) >= 11 is 1.65. The van der Waals surface area contributed by atoms with E-state index in [-0.39, 0.29) is 5.91 Å². The molecule has 0 unspecified atom stereocenters. The Morgan fingerprint density at radius 3 is 2.76 bits per heavy atom. The van der Waals surface area contributed by atoms with Gasteiger partial charge >= 0.3 is 0 Å². The van der Waals surface area contributed by atoms with Crippen molar-refractivity contribution < 1.29 is 9.53 Å². The Morgan fingerprint density at radius 2 is 1.93 bits per heavy atom. The van der Waals surface area contributed by atoms with Gasteiger partial charge in [-0.1, -0.05) is 36.4 Å². The lowest BCUT2D eigenvalue weighted by atomic mass is 10.2. The highest BCUT2D eigenvalue weighted by Crippen LogP contribution is 2.34. The summed E-state index contributed by atoms with van der Waals surface area (Å²) in [7, 11) is 0. The number of rotatable bonds is 7. The Bertz CT molecular complexity index is 1130. The minimum Gasteiger partial charge on any atom is -0.492 e. The number of nitrogens with one attached hydrogen (secondary N) is 2. The van der Waals surface area contributed by atoms with Crippen molar-refractivity contribution in [1.82, 2.24) is 9.97 Å². The zero-order valence-corrected chi connectivity index (χ0v) is 16.7. The molecule has 2 N–H and O–H groups in total. The molecule has 0 bridgehead atoms. The number of ether oxygens (including phenoxy) is 1. The smallest absolute Gasteiger partial charge is 0.221 e. The van der Waals surface area contributed by atoms with Crippen LogP contribution in [0.15, 0.2) is 67.0 Å². The normalized spacial score (nSPS) is 10.7. The molecular formula is C22H20N4O2S. The molecular weight excluding hydrogens is 384 g/mol. The summed E-state index contributed by atoms with van der Waals surface area (Å²) in [5.74, 6) is 1.39. The van der Waals surface area contributed by atoms with Crippen LogP contribution in [0.2, 0.25) is 0 Å². The van der Waals surface area contributed by atoms with Crippen molar-refractivity contribution >= 4 is 39.0 Å². The average molecular weight is 404 g/mol. The van der Waals surface area contributed by atoms with E-state index in [1.54, 1.807) is 23.7 Å². The van der Waals surface area contributed by atoms with Crippen molar-refractivity contribution in [2.75, 3.05) is 23.8 Å². The van der Waals surface area contributed by atoms with E-state index in [2.05, 4.69) is 38.8 Å². The van der Waals surface area contributed by atoms with Gasteiger partial charge in [-0.2, -0.15) is 0 Å². The van der Waals surface area contributed by atoms with Crippen LogP contribution in [0.4, 0.5) is 11.5 Å². The lowest BCUT2D eigenvalue weighted by molar-refractivity contribution is -0.114. The van der Waals surface area contributed by atoms with E-state index in [9.17, 15) is 4.79 Å². The molecule has 0 aliphatic rings. The van der Waals surface area contributed by atoms with Crippen LogP contribution in [0.5, 0.6) is 5.75 Å². The molecule has 146 valence electrons. The molecule has 6 nitrogen and oxygen atoms in total. The highest BCUT2D eigenvalue weighted by Gasteiger charge is 2.10. The minimum atomic E-state index is -0.109. The van der Waals surface area contributed by atoms with Crippen molar-refractivity contribution in [3.8, 4) is 16.2 Å². The van der Waals surface area contributed by atoms with Crippen LogP contribution in [-0.2, 0) is 4.79 Å². The molecule has 0 aliphatic heterocycles. The molecule has 0 fully saturated rings. The van der Waals surface area contributed by atoms with Gasteiger partial charge in [0.1, 0.15) is 29.3 Å². The molecule has 0 radical (unpaired) electrons. The highest BCUT2D eigenvalue weighted by molar-refractivity contribution is 7.21. The second kappa shape index (κ2) is 8.70. The second-order valence-corrected chi connectivity index (χ2v) is 7.43. The first-order chi connectivity index (χ1) is 14.2. The third kappa shape index (κ3) is 4.70. The van der Waals surface area contributed by atoms with Crippen molar-refractivity contribution in [1.29, 1.82) is 0 Å². The Morgan fingerprint density at radius 1 is 1.07 bits per heavy atom. The third-order valence-corrected chi connectivity index (χ3v) is 5.30. The summed E-state index contributed by atoms with van der Waals surface area (Å²) < 4.78 is 5.78. The molecule has 4 rings (SSSR count). The van der Waals surface area contributed by atoms with Crippen LogP contribution in [0.1, 0.15) is 6.92 Å². The Labute approximate surface area is 172 Å². The minimum absolute atomic E-state index is 0.109. The van der Waals surface area contributed by atoms with Gasteiger partial charge in [-0.25, -0.2) is 9.97 Å². The van der Waals surface area contributed by atoms with Crippen LogP contribution in [0, 0.1) is 0 Å². The van der Waals surface area contributed by atoms with Crippen molar-refractivity contribution in [2.24, 2.45) is 0 Å². The molecule has 2 aromatic carbocycles. The first-order valence-electron chi connectivity index (χ1n) is 9.23. The number of nitrogens with zero attached hydrogens (tertiary/aromatic N) is 2. The summed E-state index contributed by atoms with van der Waals surface area (Å²) in [6.07, 6.45) is 1.58. The summed E-state index contributed by atoms with van der Waals surface area (Å²) in [6.45, 7) is 2.53. The average Bonchev–Trinajstić information content (AvgIpc) is 3.17. The number of aromatic nitrogens is 2. The van der Waals surface area contributed by atoms with E-state index in [4.69, 9.17) is 4.74 Å². The maximum absolute atomic E-state index is 11.2. The standard InChI is InChI=1S/C22H20N4O2S/c1-15(27)26-17-8-5-9-18(12-17)28-11-10-23-21-19-13-20(16-6-3-2-4-7-16)29-22(19)25-14-24-21/h2-9,12-14H,10-11H2,1H3,(H,26,27)(H,23,24,25). The van der Waals surface area contributed by atoms with E-state index in [1.165, 1.54) is 12.5 Å². The van der Waals surface area contributed by atoms with Gasteiger partial charge in [-0.05, 0) is 23.8 Å². The van der Waals surface area contributed by atoms with E-state index < -0.39 is 0 Å². The number of hydrogen-bond donors (Lipinski definition) is 2. The van der Waals surface area contributed by atoms with Crippen molar-refractivity contribution in [2.45, 2.75) is 6.92 Å². The topological polar surface area (TPSA) is 76.1 Å². The van der Waals surface area contributed by atoms with E-state index in [0.29, 0.717) is 24.6 Å². The maximum Gasteiger partial charge on any atom is 0.221 e. The Hall–Kier alpha value is -3.45. The summed E-state index contributed by atoms with van der Waals surface area (Å²) in [5.41, 5.74) is 1.89. The number of amides is 1. The number of hydrogen-bond acceptors (Lipinski definition) is 6. The summed E-state index contributed by atoms with van der Waals surface area (Å²) in [5, 5.41) is 7.08. The van der Waals surface area contributed by atoms with Gasteiger partial charge in [0, 0.05) is 23.6 Å². The first kappa shape index (κ1) is 18.9. The van der Waals surface area contributed by atoms with Crippen LogP contribution in [0.3, 0.4) is 0 Å². The van der Waals surface area contributed by atoms with Gasteiger partial charge in [0.15, 0.2) is 0 Å². The fourth-order valence-corrected chi connectivity index (χ4v) is 3.95. The summed E-state index contributed by atoms with van der Waals surface area (Å²) in [6, 6.07) is 19.7. The van der Waals surface area contributed by atoms with Crippen LogP contribution in [0.25, 0.3) is 20.7 Å². The number of carbonyl (C=O) groups is 1. The lowest BCUT2D eigenvalue weighted by Crippen LogP contribution is -2.13. The number of benzene rings is 2. The third-order valence-electron chi connectivity index (χ3n) is 4.21. The lowest BCUT2D eigenvalue weighted by Gasteiger charge is -2.10. The van der Waals surface area contributed by atoms with Gasteiger partial charge in [0.25, 0.3) is 0 Å². The van der Waals surface area contributed by atoms with Crippen LogP contribution >= 0.6 is 11.3 Å².